The predicted octanol–water partition coefficient (Wildman–Crippen LogP) is 22.6. The van der Waals surface area contributed by atoms with Crippen LogP contribution in [0.3, 0.4) is 0 Å². The minimum absolute atomic E-state index is 0.0695. The van der Waals surface area contributed by atoms with Crippen molar-refractivity contribution in [3.8, 4) is 0 Å². The highest BCUT2D eigenvalue weighted by molar-refractivity contribution is 5.71. The minimum atomic E-state index is -0.773. The second-order valence-corrected chi connectivity index (χ2v) is 22.7. The predicted molar refractivity (Wildman–Crippen MR) is 321 cm³/mol. The Labute approximate surface area is 462 Å². The third kappa shape index (κ3) is 60.8. The molecule has 436 valence electrons. The van der Waals surface area contributed by atoms with E-state index >= 15 is 0 Å². The van der Waals surface area contributed by atoms with Crippen molar-refractivity contribution in [2.75, 3.05) is 13.2 Å². The molecule has 0 saturated heterocycles. The van der Waals surface area contributed by atoms with Gasteiger partial charge < -0.3 is 14.2 Å². The fraction of sp³-hybridized carbons (Fsp3) is 0.897. The highest BCUT2D eigenvalue weighted by Gasteiger charge is 2.19. The zero-order valence-corrected chi connectivity index (χ0v) is 50.1. The highest BCUT2D eigenvalue weighted by atomic mass is 16.6. The molecular weight excluding hydrogens is 913 g/mol. The molecule has 6 nitrogen and oxygen atoms in total. The molecule has 1 atom stereocenters. The zero-order chi connectivity index (χ0) is 53.6. The average Bonchev–Trinajstić information content (AvgIpc) is 3.40. The van der Waals surface area contributed by atoms with E-state index in [1.165, 1.54) is 250 Å². The molecule has 0 aromatic carbocycles. The number of ether oxygens (including phenoxy) is 3. The summed E-state index contributed by atoms with van der Waals surface area (Å²) in [5, 5.41) is 0. The number of unbranched alkanes of at least 4 members (excludes halogenated alkanes) is 47. The van der Waals surface area contributed by atoms with Crippen molar-refractivity contribution >= 4 is 17.9 Å². The van der Waals surface area contributed by atoms with E-state index in [1.54, 1.807) is 0 Å². The van der Waals surface area contributed by atoms with E-state index in [2.05, 4.69) is 45.1 Å². The summed E-state index contributed by atoms with van der Waals surface area (Å²) < 4.78 is 17.0. The van der Waals surface area contributed by atoms with E-state index in [1.807, 2.05) is 0 Å². The number of esters is 3. The molecule has 0 heterocycles. The molecule has 0 saturated carbocycles. The summed E-state index contributed by atoms with van der Waals surface area (Å²) in [7, 11) is 0. The smallest absolute Gasteiger partial charge is 0.306 e. The molecular formula is C68H128O6. The molecule has 0 N–H and O–H groups in total. The molecule has 0 aliphatic carbocycles. The first-order chi connectivity index (χ1) is 36.5. The molecule has 0 rings (SSSR count). The molecule has 0 aromatic rings. The van der Waals surface area contributed by atoms with Crippen molar-refractivity contribution in [3.05, 3.63) is 24.3 Å². The van der Waals surface area contributed by atoms with Gasteiger partial charge in [0.25, 0.3) is 0 Å². The number of carbonyl (C=O) groups is 3. The van der Waals surface area contributed by atoms with Gasteiger partial charge in [-0.25, -0.2) is 0 Å². The number of carbonyl (C=O) groups excluding carboxylic acids is 3. The van der Waals surface area contributed by atoms with Crippen LogP contribution in [0.1, 0.15) is 374 Å². The lowest BCUT2D eigenvalue weighted by Crippen LogP contribution is -2.30. The number of rotatable bonds is 62. The topological polar surface area (TPSA) is 78.9 Å². The van der Waals surface area contributed by atoms with Crippen LogP contribution in [0, 0.1) is 0 Å². The Bertz CT molecular complexity index is 1190. The Morgan fingerprint density at radius 3 is 0.797 bits per heavy atom. The van der Waals surface area contributed by atoms with E-state index < -0.39 is 6.10 Å². The van der Waals surface area contributed by atoms with Crippen molar-refractivity contribution in [3.63, 3.8) is 0 Å². The minimum Gasteiger partial charge on any atom is -0.462 e. The molecule has 1 unspecified atom stereocenters. The molecule has 0 spiro atoms. The highest BCUT2D eigenvalue weighted by Crippen LogP contribution is 2.19. The van der Waals surface area contributed by atoms with Crippen LogP contribution >= 0.6 is 0 Å². The lowest BCUT2D eigenvalue weighted by Gasteiger charge is -2.18. The largest absolute Gasteiger partial charge is 0.462 e. The average molecular weight is 1040 g/mol. The first-order valence-electron chi connectivity index (χ1n) is 33.3. The normalized spacial score (nSPS) is 12.1. The Kier molecular flexibility index (Phi) is 61.6. The Morgan fingerprint density at radius 2 is 0.514 bits per heavy atom. The molecule has 0 aromatic heterocycles. The molecule has 0 bridgehead atoms. The SMILES string of the molecule is CCC/C=C\C/C=C\CCCCCCCC(=O)OCC(COC(=O)CCCCCCCCCCCCCCCCCCCCCCCCC)OC(=O)CCCCCCCCCCCCCCCCCCCCCC. The Morgan fingerprint density at radius 1 is 0.270 bits per heavy atom. The van der Waals surface area contributed by atoms with Gasteiger partial charge in [-0.3, -0.25) is 14.4 Å². The molecule has 0 radical (unpaired) electrons. The molecule has 0 aliphatic heterocycles. The van der Waals surface area contributed by atoms with E-state index in [9.17, 15) is 14.4 Å². The zero-order valence-electron chi connectivity index (χ0n) is 50.1. The van der Waals surface area contributed by atoms with Crippen molar-refractivity contribution in [1.82, 2.24) is 0 Å². The van der Waals surface area contributed by atoms with Crippen LogP contribution in [-0.2, 0) is 28.6 Å². The monoisotopic (exact) mass is 1040 g/mol. The van der Waals surface area contributed by atoms with Gasteiger partial charge >= 0.3 is 17.9 Å². The van der Waals surface area contributed by atoms with Crippen LogP contribution in [0.15, 0.2) is 24.3 Å². The maximum atomic E-state index is 12.9. The first kappa shape index (κ1) is 71.9. The van der Waals surface area contributed by atoms with E-state index in [4.69, 9.17) is 14.2 Å². The van der Waals surface area contributed by atoms with Crippen molar-refractivity contribution in [2.24, 2.45) is 0 Å². The number of hydrogen-bond acceptors (Lipinski definition) is 6. The second kappa shape index (κ2) is 63.4. The summed E-state index contributed by atoms with van der Waals surface area (Å²) in [5.74, 6) is -0.855. The Balaban J connectivity index is 4.24. The Hall–Kier alpha value is -2.11. The van der Waals surface area contributed by atoms with Gasteiger partial charge in [0.15, 0.2) is 6.10 Å². The van der Waals surface area contributed by atoms with Gasteiger partial charge in [-0.2, -0.15) is 0 Å². The molecule has 0 aliphatic rings. The van der Waals surface area contributed by atoms with Crippen molar-refractivity contribution in [2.45, 2.75) is 380 Å². The summed E-state index contributed by atoms with van der Waals surface area (Å²) >= 11 is 0. The number of hydrogen-bond donors (Lipinski definition) is 0. The quantitative estimate of drug-likeness (QED) is 0.0261. The van der Waals surface area contributed by atoms with Crippen LogP contribution in [0.4, 0.5) is 0 Å². The summed E-state index contributed by atoms with van der Waals surface area (Å²) in [5.41, 5.74) is 0. The lowest BCUT2D eigenvalue weighted by molar-refractivity contribution is -0.167. The summed E-state index contributed by atoms with van der Waals surface area (Å²) in [6.45, 7) is 6.64. The van der Waals surface area contributed by atoms with Crippen LogP contribution < -0.4 is 0 Å². The molecule has 74 heavy (non-hydrogen) atoms. The fourth-order valence-electron chi connectivity index (χ4n) is 10.2. The first-order valence-corrected chi connectivity index (χ1v) is 33.3. The summed E-state index contributed by atoms with van der Waals surface area (Å²) in [6, 6.07) is 0. The van der Waals surface area contributed by atoms with Gasteiger partial charge in [0.1, 0.15) is 13.2 Å². The third-order valence-corrected chi connectivity index (χ3v) is 15.2. The second-order valence-electron chi connectivity index (χ2n) is 22.7. The van der Waals surface area contributed by atoms with Crippen LogP contribution in [0.25, 0.3) is 0 Å². The molecule has 0 amide bonds. The fourth-order valence-corrected chi connectivity index (χ4v) is 10.2. The lowest BCUT2D eigenvalue weighted by atomic mass is 10.0. The standard InChI is InChI=1S/C68H128O6/c1-4-7-10-13-16-19-22-25-27-29-31-33-34-35-37-38-40-43-46-49-52-55-58-61-67(70)73-64-65(63-72-66(69)60-57-54-51-48-45-42-24-21-18-15-12-9-6-3)74-68(71)62-59-56-53-50-47-44-41-39-36-32-30-28-26-23-20-17-14-11-8-5-2/h12,15,21,24,65H,4-11,13-14,16-20,22-23,25-64H2,1-3H3/b15-12-,24-21-. The maximum absolute atomic E-state index is 12.9. The van der Waals surface area contributed by atoms with E-state index in [-0.39, 0.29) is 31.1 Å². The van der Waals surface area contributed by atoms with Crippen molar-refractivity contribution in [1.29, 1.82) is 0 Å². The van der Waals surface area contributed by atoms with Gasteiger partial charge in [0.2, 0.25) is 0 Å². The van der Waals surface area contributed by atoms with Gasteiger partial charge in [0, 0.05) is 19.3 Å². The third-order valence-electron chi connectivity index (χ3n) is 15.2. The molecule has 6 heteroatoms. The van der Waals surface area contributed by atoms with Crippen molar-refractivity contribution < 1.29 is 28.6 Å². The maximum Gasteiger partial charge on any atom is 0.306 e. The van der Waals surface area contributed by atoms with E-state index in [0.717, 1.165) is 83.5 Å². The summed E-state index contributed by atoms with van der Waals surface area (Å²) in [6.07, 6.45) is 76.3. The van der Waals surface area contributed by atoms with Gasteiger partial charge in [0.05, 0.1) is 0 Å². The van der Waals surface area contributed by atoms with Crippen LogP contribution in [0.5, 0.6) is 0 Å². The molecule has 0 fully saturated rings. The van der Waals surface area contributed by atoms with Crippen LogP contribution in [0.2, 0.25) is 0 Å². The number of allylic oxidation sites excluding steroid dienone is 4. The van der Waals surface area contributed by atoms with Crippen LogP contribution in [-0.4, -0.2) is 37.2 Å². The van der Waals surface area contributed by atoms with Gasteiger partial charge in [-0.05, 0) is 44.9 Å². The van der Waals surface area contributed by atoms with E-state index in [0.29, 0.717) is 19.3 Å². The van der Waals surface area contributed by atoms with Gasteiger partial charge in [-0.15, -0.1) is 0 Å². The summed E-state index contributed by atoms with van der Waals surface area (Å²) in [4.78, 5) is 38.3. The van der Waals surface area contributed by atoms with Gasteiger partial charge in [-0.1, -0.05) is 334 Å².